The van der Waals surface area contributed by atoms with Crippen molar-refractivity contribution in [1.29, 1.82) is 0 Å². The summed E-state index contributed by atoms with van der Waals surface area (Å²) in [5.41, 5.74) is 2.17. The lowest BCUT2D eigenvalue weighted by atomic mass is 10.1. The Kier molecular flexibility index (Phi) is 6.74. The molecular weight excluding hydrogens is 334 g/mol. The SMILES string of the molecule is Cc1ccc(CN2C[C@@H](C(=O)N(CCN(C)C)CC(=O)O)CC2=O)cc1. The molecule has 2 amide bonds. The second kappa shape index (κ2) is 8.80. The zero-order valence-electron chi connectivity index (χ0n) is 15.6. The number of carboxylic acid groups (broad SMARTS) is 1. The van der Waals surface area contributed by atoms with Gasteiger partial charge in [0.1, 0.15) is 6.54 Å². The van der Waals surface area contributed by atoms with Crippen molar-refractivity contribution in [2.45, 2.75) is 19.9 Å². The van der Waals surface area contributed by atoms with Crippen molar-refractivity contribution in [2.75, 3.05) is 40.3 Å². The predicted molar refractivity (Wildman–Crippen MR) is 97.5 cm³/mol. The van der Waals surface area contributed by atoms with Gasteiger partial charge in [0.25, 0.3) is 0 Å². The van der Waals surface area contributed by atoms with Crippen LogP contribution in [-0.4, -0.2) is 77.9 Å². The minimum absolute atomic E-state index is 0.0631. The second-order valence-corrected chi connectivity index (χ2v) is 7.12. The van der Waals surface area contributed by atoms with Crippen LogP contribution in [-0.2, 0) is 20.9 Å². The van der Waals surface area contributed by atoms with Crippen molar-refractivity contribution in [1.82, 2.24) is 14.7 Å². The quantitative estimate of drug-likeness (QED) is 0.741. The third-order valence-corrected chi connectivity index (χ3v) is 4.51. The number of carboxylic acids is 1. The van der Waals surface area contributed by atoms with Crippen LogP contribution in [0, 0.1) is 12.8 Å². The number of amides is 2. The molecular formula is C19H27N3O4. The molecule has 1 aromatic carbocycles. The summed E-state index contributed by atoms with van der Waals surface area (Å²) in [4.78, 5) is 41.1. The summed E-state index contributed by atoms with van der Waals surface area (Å²) in [6.45, 7) is 3.39. The summed E-state index contributed by atoms with van der Waals surface area (Å²) in [6, 6.07) is 7.94. The first kappa shape index (κ1) is 19.9. The number of aryl methyl sites for hydroxylation is 1. The molecule has 1 aromatic rings. The number of hydrogen-bond acceptors (Lipinski definition) is 4. The molecule has 1 aliphatic rings. The van der Waals surface area contributed by atoms with E-state index in [9.17, 15) is 14.4 Å². The van der Waals surface area contributed by atoms with E-state index in [0.717, 1.165) is 11.1 Å². The molecule has 2 rings (SSSR count). The maximum atomic E-state index is 12.7. The van der Waals surface area contributed by atoms with Gasteiger partial charge in [-0.2, -0.15) is 0 Å². The molecule has 7 heteroatoms. The third-order valence-electron chi connectivity index (χ3n) is 4.51. The molecule has 1 fully saturated rings. The number of carbonyl (C=O) groups is 3. The number of aliphatic carboxylic acids is 1. The molecule has 0 saturated carbocycles. The smallest absolute Gasteiger partial charge is 0.323 e. The van der Waals surface area contributed by atoms with Crippen molar-refractivity contribution in [2.24, 2.45) is 5.92 Å². The van der Waals surface area contributed by atoms with Gasteiger partial charge in [-0.05, 0) is 26.6 Å². The Labute approximate surface area is 154 Å². The number of carbonyl (C=O) groups excluding carboxylic acids is 2. The van der Waals surface area contributed by atoms with Crippen LogP contribution < -0.4 is 0 Å². The normalized spacial score (nSPS) is 17.0. The van der Waals surface area contributed by atoms with Crippen LogP contribution in [0.1, 0.15) is 17.5 Å². The molecule has 1 aliphatic heterocycles. The van der Waals surface area contributed by atoms with Crippen LogP contribution in [0.4, 0.5) is 0 Å². The van der Waals surface area contributed by atoms with Crippen molar-refractivity contribution in [3.63, 3.8) is 0 Å². The molecule has 0 bridgehead atoms. The number of rotatable bonds is 8. The molecule has 0 unspecified atom stereocenters. The first-order valence-corrected chi connectivity index (χ1v) is 8.75. The van der Waals surface area contributed by atoms with Crippen LogP contribution in [0.3, 0.4) is 0 Å². The van der Waals surface area contributed by atoms with Crippen LogP contribution in [0.5, 0.6) is 0 Å². The lowest BCUT2D eigenvalue weighted by molar-refractivity contribution is -0.146. The van der Waals surface area contributed by atoms with Crippen LogP contribution >= 0.6 is 0 Å². The lowest BCUT2D eigenvalue weighted by Crippen LogP contribution is -2.43. The van der Waals surface area contributed by atoms with Gasteiger partial charge in [0.15, 0.2) is 0 Å². The first-order valence-electron chi connectivity index (χ1n) is 8.75. The highest BCUT2D eigenvalue weighted by molar-refractivity contribution is 5.90. The van der Waals surface area contributed by atoms with Gasteiger partial charge in [-0.15, -0.1) is 0 Å². The fourth-order valence-corrected chi connectivity index (χ4v) is 3.01. The Hall–Kier alpha value is -2.41. The Bertz CT molecular complexity index is 657. The van der Waals surface area contributed by atoms with E-state index in [1.54, 1.807) is 4.90 Å². The molecule has 0 aliphatic carbocycles. The molecule has 142 valence electrons. The van der Waals surface area contributed by atoms with Crippen molar-refractivity contribution in [3.8, 4) is 0 Å². The maximum Gasteiger partial charge on any atom is 0.323 e. The Morgan fingerprint density at radius 2 is 1.85 bits per heavy atom. The van der Waals surface area contributed by atoms with Crippen molar-refractivity contribution < 1.29 is 19.5 Å². The number of likely N-dealkylation sites (N-methyl/N-ethyl adjacent to an activating group) is 1. The average molecular weight is 361 g/mol. The van der Waals surface area contributed by atoms with Gasteiger partial charge < -0.3 is 19.8 Å². The Morgan fingerprint density at radius 1 is 1.19 bits per heavy atom. The standard InChI is InChI=1S/C19H27N3O4/c1-14-4-6-15(7-5-14)11-22-12-16(10-17(22)23)19(26)21(13-18(24)25)9-8-20(2)3/h4-7,16H,8-13H2,1-3H3,(H,24,25)/t16-/m0/s1. The number of benzene rings is 1. The van der Waals surface area contributed by atoms with Crippen LogP contribution in [0.15, 0.2) is 24.3 Å². The highest BCUT2D eigenvalue weighted by Gasteiger charge is 2.36. The van der Waals surface area contributed by atoms with E-state index in [1.807, 2.05) is 50.2 Å². The predicted octanol–water partition coefficient (Wildman–Crippen LogP) is 0.818. The summed E-state index contributed by atoms with van der Waals surface area (Å²) in [6.07, 6.45) is 0.142. The molecule has 0 spiro atoms. The minimum Gasteiger partial charge on any atom is -0.480 e. The second-order valence-electron chi connectivity index (χ2n) is 7.12. The Balaban J connectivity index is 2.00. The molecule has 1 saturated heterocycles. The molecule has 1 N–H and O–H groups in total. The summed E-state index contributed by atoms with van der Waals surface area (Å²) < 4.78 is 0. The van der Waals surface area contributed by atoms with Gasteiger partial charge in [-0.25, -0.2) is 0 Å². The monoisotopic (exact) mass is 361 g/mol. The van der Waals surface area contributed by atoms with Gasteiger partial charge >= 0.3 is 5.97 Å². The van der Waals surface area contributed by atoms with Gasteiger partial charge in [-0.3, -0.25) is 14.4 Å². The first-order chi connectivity index (χ1) is 12.3. The van der Waals surface area contributed by atoms with Crippen LogP contribution in [0.2, 0.25) is 0 Å². The third kappa shape index (κ3) is 5.56. The summed E-state index contributed by atoms with van der Waals surface area (Å²) in [5, 5.41) is 9.08. The van der Waals surface area contributed by atoms with Crippen molar-refractivity contribution in [3.05, 3.63) is 35.4 Å². The maximum absolute atomic E-state index is 12.7. The Morgan fingerprint density at radius 3 is 2.42 bits per heavy atom. The molecule has 0 radical (unpaired) electrons. The molecule has 1 atom stereocenters. The number of nitrogens with zero attached hydrogens (tertiary/aromatic N) is 3. The van der Waals surface area contributed by atoms with E-state index in [1.165, 1.54) is 4.90 Å². The van der Waals surface area contributed by atoms with Gasteiger partial charge in [0.2, 0.25) is 11.8 Å². The van der Waals surface area contributed by atoms with Crippen molar-refractivity contribution >= 4 is 17.8 Å². The minimum atomic E-state index is -1.04. The van der Waals surface area contributed by atoms with Crippen LogP contribution in [0.25, 0.3) is 0 Å². The molecule has 0 aromatic heterocycles. The van der Waals surface area contributed by atoms with E-state index >= 15 is 0 Å². The fraction of sp³-hybridized carbons (Fsp3) is 0.526. The lowest BCUT2D eigenvalue weighted by Gasteiger charge is -2.25. The van der Waals surface area contributed by atoms with E-state index in [-0.39, 0.29) is 24.8 Å². The topological polar surface area (TPSA) is 81.2 Å². The summed E-state index contributed by atoms with van der Waals surface area (Å²) in [5.74, 6) is -1.84. The van der Waals surface area contributed by atoms with E-state index < -0.39 is 11.9 Å². The van der Waals surface area contributed by atoms with Gasteiger partial charge in [0.05, 0.1) is 5.92 Å². The van der Waals surface area contributed by atoms with E-state index in [4.69, 9.17) is 5.11 Å². The largest absolute Gasteiger partial charge is 0.480 e. The van der Waals surface area contributed by atoms with E-state index in [2.05, 4.69) is 0 Å². The zero-order chi connectivity index (χ0) is 19.3. The van der Waals surface area contributed by atoms with Gasteiger partial charge in [0, 0.05) is 32.6 Å². The number of hydrogen-bond donors (Lipinski definition) is 1. The highest BCUT2D eigenvalue weighted by Crippen LogP contribution is 2.22. The molecule has 7 nitrogen and oxygen atoms in total. The molecule has 1 heterocycles. The van der Waals surface area contributed by atoms with E-state index in [0.29, 0.717) is 26.2 Å². The highest BCUT2D eigenvalue weighted by atomic mass is 16.4. The average Bonchev–Trinajstić information content (AvgIpc) is 2.93. The van der Waals surface area contributed by atoms with Gasteiger partial charge in [-0.1, -0.05) is 29.8 Å². The summed E-state index contributed by atoms with van der Waals surface area (Å²) >= 11 is 0. The molecule has 26 heavy (non-hydrogen) atoms. The zero-order valence-corrected chi connectivity index (χ0v) is 15.6. The fourth-order valence-electron chi connectivity index (χ4n) is 3.01. The summed E-state index contributed by atoms with van der Waals surface area (Å²) in [7, 11) is 3.73. The number of likely N-dealkylation sites (tertiary alicyclic amines) is 1.